The van der Waals surface area contributed by atoms with Gasteiger partial charge in [-0.3, -0.25) is 4.79 Å². The Morgan fingerprint density at radius 1 is 1.45 bits per heavy atom. The number of nitrogens with zero attached hydrogens (tertiary/aromatic N) is 1. The van der Waals surface area contributed by atoms with Gasteiger partial charge in [0.2, 0.25) is 5.91 Å². The minimum absolute atomic E-state index is 0.127. The minimum Gasteiger partial charge on any atom is -0.494 e. The normalized spacial score (nSPS) is 17.4. The summed E-state index contributed by atoms with van der Waals surface area (Å²) in [7, 11) is 3.52. The summed E-state index contributed by atoms with van der Waals surface area (Å²) in [4.78, 5) is 13.0. The number of benzene rings is 1. The summed E-state index contributed by atoms with van der Waals surface area (Å²) >= 11 is 0. The molecule has 0 heterocycles. The largest absolute Gasteiger partial charge is 0.494 e. The predicted octanol–water partition coefficient (Wildman–Crippen LogP) is 2.30. The van der Waals surface area contributed by atoms with E-state index < -0.39 is 0 Å². The van der Waals surface area contributed by atoms with Gasteiger partial charge in [0.1, 0.15) is 5.75 Å². The maximum absolute atomic E-state index is 11.4. The van der Waals surface area contributed by atoms with Crippen LogP contribution in [0.4, 0.5) is 0 Å². The lowest BCUT2D eigenvalue weighted by atomic mass is 9.89. The van der Waals surface area contributed by atoms with Crippen LogP contribution in [-0.2, 0) is 11.2 Å². The number of carbonyl (C=O) groups is 1. The van der Waals surface area contributed by atoms with E-state index in [1.54, 1.807) is 19.0 Å². The number of rotatable bonds is 5. The van der Waals surface area contributed by atoms with Crippen molar-refractivity contribution in [3.05, 3.63) is 29.3 Å². The molecular formula is C16H23NO3. The number of hydrogen-bond donors (Lipinski definition) is 1. The molecule has 0 saturated carbocycles. The molecule has 4 nitrogen and oxygen atoms in total. The van der Waals surface area contributed by atoms with E-state index >= 15 is 0 Å². The lowest BCUT2D eigenvalue weighted by Crippen LogP contribution is -2.21. The second-order valence-electron chi connectivity index (χ2n) is 5.51. The zero-order chi connectivity index (χ0) is 14.5. The SMILES string of the molecule is CN(C)C(=O)CCCOc1ccc2c(c1)CCCC2O. The fourth-order valence-corrected chi connectivity index (χ4v) is 2.49. The first kappa shape index (κ1) is 14.9. The van der Waals surface area contributed by atoms with Crippen molar-refractivity contribution in [1.29, 1.82) is 0 Å². The smallest absolute Gasteiger partial charge is 0.222 e. The van der Waals surface area contributed by atoms with Crippen LogP contribution in [0.25, 0.3) is 0 Å². The van der Waals surface area contributed by atoms with Crippen molar-refractivity contribution in [2.75, 3.05) is 20.7 Å². The Morgan fingerprint density at radius 2 is 2.25 bits per heavy atom. The van der Waals surface area contributed by atoms with Crippen LogP contribution >= 0.6 is 0 Å². The van der Waals surface area contributed by atoms with Gasteiger partial charge in [0.15, 0.2) is 0 Å². The van der Waals surface area contributed by atoms with Crippen LogP contribution in [0, 0.1) is 0 Å². The van der Waals surface area contributed by atoms with Crippen molar-refractivity contribution < 1.29 is 14.6 Å². The molecule has 1 unspecified atom stereocenters. The van der Waals surface area contributed by atoms with Gasteiger partial charge in [-0.1, -0.05) is 6.07 Å². The molecule has 20 heavy (non-hydrogen) atoms. The molecule has 1 aliphatic rings. The first-order valence-electron chi connectivity index (χ1n) is 7.22. The van der Waals surface area contributed by atoms with Crippen LogP contribution in [0.5, 0.6) is 5.75 Å². The fraction of sp³-hybridized carbons (Fsp3) is 0.562. The van der Waals surface area contributed by atoms with Gasteiger partial charge < -0.3 is 14.7 Å². The summed E-state index contributed by atoms with van der Waals surface area (Å²) in [5.74, 6) is 0.956. The Hall–Kier alpha value is -1.55. The predicted molar refractivity (Wildman–Crippen MR) is 77.8 cm³/mol. The van der Waals surface area contributed by atoms with Gasteiger partial charge in [-0.15, -0.1) is 0 Å². The molecule has 0 aromatic heterocycles. The number of hydrogen-bond acceptors (Lipinski definition) is 3. The summed E-state index contributed by atoms with van der Waals surface area (Å²) in [6.45, 7) is 0.543. The Labute approximate surface area is 120 Å². The number of amides is 1. The van der Waals surface area contributed by atoms with Crippen LogP contribution in [0.1, 0.15) is 42.9 Å². The Kier molecular flexibility index (Phi) is 5.01. The molecule has 1 atom stereocenters. The third kappa shape index (κ3) is 3.73. The molecule has 4 heteroatoms. The van der Waals surface area contributed by atoms with Crippen molar-refractivity contribution >= 4 is 5.91 Å². The average molecular weight is 277 g/mol. The molecule has 0 spiro atoms. The summed E-state index contributed by atoms with van der Waals surface area (Å²) < 4.78 is 5.69. The number of aryl methyl sites for hydroxylation is 1. The van der Waals surface area contributed by atoms with Gasteiger partial charge in [-0.2, -0.15) is 0 Å². The van der Waals surface area contributed by atoms with Gasteiger partial charge in [0.05, 0.1) is 12.7 Å². The first-order valence-corrected chi connectivity index (χ1v) is 7.22. The van der Waals surface area contributed by atoms with E-state index in [1.807, 2.05) is 18.2 Å². The van der Waals surface area contributed by atoms with E-state index in [2.05, 4.69) is 0 Å². The molecule has 0 aliphatic heterocycles. The average Bonchev–Trinajstić information content (AvgIpc) is 2.43. The summed E-state index contributed by atoms with van der Waals surface area (Å²) in [5, 5.41) is 9.90. The molecule has 110 valence electrons. The zero-order valence-corrected chi connectivity index (χ0v) is 12.3. The van der Waals surface area contributed by atoms with Crippen molar-refractivity contribution in [3.8, 4) is 5.75 Å². The Balaban J connectivity index is 1.84. The van der Waals surface area contributed by atoms with E-state index in [-0.39, 0.29) is 12.0 Å². The molecule has 0 fully saturated rings. The highest BCUT2D eigenvalue weighted by Gasteiger charge is 2.18. The number of fused-ring (bicyclic) bond motifs is 1. The van der Waals surface area contributed by atoms with Crippen LogP contribution < -0.4 is 4.74 Å². The molecule has 0 bridgehead atoms. The summed E-state index contributed by atoms with van der Waals surface area (Å²) in [6, 6.07) is 5.88. The standard InChI is InChI=1S/C16H23NO3/c1-17(2)16(19)7-4-10-20-13-8-9-14-12(11-13)5-3-6-15(14)18/h8-9,11,15,18H,3-7,10H2,1-2H3. The van der Waals surface area contributed by atoms with Gasteiger partial charge >= 0.3 is 0 Å². The fourth-order valence-electron chi connectivity index (χ4n) is 2.49. The van der Waals surface area contributed by atoms with Crippen molar-refractivity contribution in [3.63, 3.8) is 0 Å². The van der Waals surface area contributed by atoms with E-state index in [9.17, 15) is 9.90 Å². The van der Waals surface area contributed by atoms with Gasteiger partial charge in [-0.25, -0.2) is 0 Å². The van der Waals surface area contributed by atoms with Crippen LogP contribution in [0.15, 0.2) is 18.2 Å². The second-order valence-corrected chi connectivity index (χ2v) is 5.51. The van der Waals surface area contributed by atoms with E-state index in [0.717, 1.165) is 37.0 Å². The highest BCUT2D eigenvalue weighted by atomic mass is 16.5. The molecular weight excluding hydrogens is 254 g/mol. The lowest BCUT2D eigenvalue weighted by Gasteiger charge is -2.21. The summed E-state index contributed by atoms with van der Waals surface area (Å²) in [6.07, 6.45) is 3.77. The molecule has 0 radical (unpaired) electrons. The molecule has 2 rings (SSSR count). The zero-order valence-electron chi connectivity index (χ0n) is 12.3. The highest BCUT2D eigenvalue weighted by molar-refractivity contribution is 5.75. The molecule has 1 aromatic rings. The summed E-state index contributed by atoms with van der Waals surface area (Å²) in [5.41, 5.74) is 2.22. The first-order chi connectivity index (χ1) is 9.58. The molecule has 1 aromatic carbocycles. The maximum Gasteiger partial charge on any atom is 0.222 e. The van der Waals surface area contributed by atoms with Crippen molar-refractivity contribution in [2.45, 2.75) is 38.2 Å². The number of carbonyl (C=O) groups excluding carboxylic acids is 1. The molecule has 1 N–H and O–H groups in total. The molecule has 1 aliphatic carbocycles. The van der Waals surface area contributed by atoms with Crippen molar-refractivity contribution in [2.24, 2.45) is 0 Å². The third-order valence-electron chi connectivity index (χ3n) is 3.70. The number of aliphatic hydroxyl groups is 1. The van der Waals surface area contributed by atoms with Crippen molar-refractivity contribution in [1.82, 2.24) is 4.90 Å². The van der Waals surface area contributed by atoms with Crippen LogP contribution in [0.2, 0.25) is 0 Å². The lowest BCUT2D eigenvalue weighted by molar-refractivity contribution is -0.128. The topological polar surface area (TPSA) is 49.8 Å². The Bertz CT molecular complexity index is 471. The van der Waals surface area contributed by atoms with E-state index in [4.69, 9.17) is 4.74 Å². The third-order valence-corrected chi connectivity index (χ3v) is 3.70. The van der Waals surface area contributed by atoms with Crippen LogP contribution in [0.3, 0.4) is 0 Å². The quantitative estimate of drug-likeness (QED) is 0.840. The van der Waals surface area contributed by atoms with Gasteiger partial charge in [0.25, 0.3) is 0 Å². The molecule has 0 saturated heterocycles. The Morgan fingerprint density at radius 3 is 3.00 bits per heavy atom. The highest BCUT2D eigenvalue weighted by Crippen LogP contribution is 2.31. The maximum atomic E-state index is 11.4. The van der Waals surface area contributed by atoms with Gasteiger partial charge in [0, 0.05) is 20.5 Å². The van der Waals surface area contributed by atoms with Crippen LogP contribution in [-0.4, -0.2) is 36.6 Å². The van der Waals surface area contributed by atoms with Gasteiger partial charge in [-0.05, 0) is 48.9 Å². The molecule has 1 amide bonds. The number of ether oxygens (including phenoxy) is 1. The van der Waals surface area contributed by atoms with E-state index in [0.29, 0.717) is 13.0 Å². The second kappa shape index (κ2) is 6.75. The van der Waals surface area contributed by atoms with E-state index in [1.165, 1.54) is 5.56 Å². The monoisotopic (exact) mass is 277 g/mol. The minimum atomic E-state index is -0.328. The number of aliphatic hydroxyl groups excluding tert-OH is 1.